The number of alkyl halides is 3. The number of nitriles is 1. The minimum Gasteiger partial charge on any atom is -0.325 e. The molecule has 8 heteroatoms. The molecule has 0 heterocycles. The smallest absolute Gasteiger partial charge is 0.325 e. The molecule has 0 radical (unpaired) electrons. The first-order chi connectivity index (χ1) is 11.8. The molecule has 0 spiro atoms. The van der Waals surface area contributed by atoms with Gasteiger partial charge in [-0.15, -0.1) is 0 Å². The summed E-state index contributed by atoms with van der Waals surface area (Å²) in [5.41, 5.74) is 0.176. The van der Waals surface area contributed by atoms with Crippen LogP contribution in [0.15, 0.2) is 48.5 Å². The second kappa shape index (κ2) is 7.94. The Morgan fingerprint density at radius 1 is 1.16 bits per heavy atom. The zero-order valence-electron chi connectivity index (χ0n) is 12.8. The van der Waals surface area contributed by atoms with Crippen LogP contribution in [0.2, 0.25) is 0 Å². The first-order valence-electron chi connectivity index (χ1n) is 7.09. The molecule has 0 aliphatic carbocycles. The molecule has 0 saturated heterocycles. The number of nitrogens with zero attached hydrogens (tertiary/aromatic N) is 1. The normalized spacial score (nSPS) is 12.2. The van der Waals surface area contributed by atoms with Gasteiger partial charge in [-0.2, -0.15) is 18.4 Å². The summed E-state index contributed by atoms with van der Waals surface area (Å²) in [5.74, 6) is -1.05. The zero-order valence-corrected chi connectivity index (χ0v) is 13.7. The molecule has 0 aliphatic heterocycles. The molecule has 130 valence electrons. The van der Waals surface area contributed by atoms with Gasteiger partial charge in [0.1, 0.15) is 5.75 Å². The van der Waals surface area contributed by atoms with Gasteiger partial charge in [-0.25, -0.2) is 0 Å². The van der Waals surface area contributed by atoms with Crippen LogP contribution < -0.4 is 5.32 Å². The molecule has 0 aromatic heterocycles. The fraction of sp³-hybridized carbons (Fsp3) is 0.176. The minimum atomic E-state index is -4.47. The molecule has 0 aliphatic rings. The third kappa shape index (κ3) is 5.72. The van der Waals surface area contributed by atoms with E-state index in [1.807, 2.05) is 6.07 Å². The van der Waals surface area contributed by atoms with Crippen LogP contribution in [-0.4, -0.2) is 15.9 Å². The van der Waals surface area contributed by atoms with Gasteiger partial charge in [0.25, 0.3) is 0 Å². The standard InChI is InChI=1S/C17H13F3N2O2S/c18-17(19,20)14-5-1-4-13(7-14)10-25(24)11-16(23)22-15-6-2-3-12(8-15)9-21/h1-8H,10-11H2,(H,22,23)/t25-/m0/s1. The Labute approximate surface area is 144 Å². The summed E-state index contributed by atoms with van der Waals surface area (Å²) in [5, 5.41) is 11.3. The SMILES string of the molecule is N#Cc1cccc(NC(=O)C[S@@](=O)Cc2cccc(C(F)(F)F)c2)c1. The lowest BCUT2D eigenvalue weighted by atomic mass is 10.1. The number of rotatable bonds is 5. The van der Waals surface area contributed by atoms with Gasteiger partial charge in [0.2, 0.25) is 5.91 Å². The fourth-order valence-corrected chi connectivity index (χ4v) is 3.10. The van der Waals surface area contributed by atoms with Crippen molar-refractivity contribution >= 4 is 22.4 Å². The molecule has 0 fully saturated rings. The molecule has 0 unspecified atom stereocenters. The number of hydrogen-bond donors (Lipinski definition) is 1. The summed E-state index contributed by atoms with van der Waals surface area (Å²) < 4.78 is 50.0. The highest BCUT2D eigenvalue weighted by Crippen LogP contribution is 2.29. The van der Waals surface area contributed by atoms with E-state index in [4.69, 9.17) is 5.26 Å². The molecule has 2 aromatic rings. The Morgan fingerprint density at radius 2 is 1.88 bits per heavy atom. The average molecular weight is 366 g/mol. The minimum absolute atomic E-state index is 0.157. The van der Waals surface area contributed by atoms with Crippen LogP contribution >= 0.6 is 0 Å². The molecule has 0 saturated carbocycles. The van der Waals surface area contributed by atoms with Crippen molar-refractivity contribution in [2.75, 3.05) is 11.1 Å². The number of carbonyl (C=O) groups excluding carboxylic acids is 1. The van der Waals surface area contributed by atoms with Crippen molar-refractivity contribution in [3.8, 4) is 6.07 Å². The summed E-state index contributed by atoms with van der Waals surface area (Å²) in [6.45, 7) is 0. The number of carbonyl (C=O) groups is 1. The van der Waals surface area contributed by atoms with Crippen molar-refractivity contribution in [1.82, 2.24) is 0 Å². The second-order valence-corrected chi connectivity index (χ2v) is 6.62. The molecular formula is C17H13F3N2O2S. The summed E-state index contributed by atoms with van der Waals surface area (Å²) in [7, 11) is -1.66. The first-order valence-corrected chi connectivity index (χ1v) is 8.58. The maximum absolute atomic E-state index is 12.7. The van der Waals surface area contributed by atoms with Crippen LogP contribution in [0.5, 0.6) is 0 Å². The number of anilines is 1. The van der Waals surface area contributed by atoms with E-state index < -0.39 is 28.4 Å². The van der Waals surface area contributed by atoms with Crippen LogP contribution in [0.25, 0.3) is 0 Å². The lowest BCUT2D eigenvalue weighted by Gasteiger charge is -2.09. The number of hydrogen-bond acceptors (Lipinski definition) is 3. The van der Waals surface area contributed by atoms with Crippen molar-refractivity contribution in [2.45, 2.75) is 11.9 Å². The Hall–Kier alpha value is -2.66. The molecule has 0 bridgehead atoms. The van der Waals surface area contributed by atoms with Gasteiger partial charge in [0, 0.05) is 22.2 Å². The Morgan fingerprint density at radius 3 is 2.56 bits per heavy atom. The number of nitrogens with one attached hydrogen (secondary N) is 1. The number of amides is 1. The van der Waals surface area contributed by atoms with Crippen molar-refractivity contribution in [3.63, 3.8) is 0 Å². The lowest BCUT2D eigenvalue weighted by Crippen LogP contribution is -2.20. The van der Waals surface area contributed by atoms with E-state index in [0.29, 0.717) is 11.3 Å². The monoisotopic (exact) mass is 366 g/mol. The van der Waals surface area contributed by atoms with Gasteiger partial charge in [-0.1, -0.05) is 24.3 Å². The molecule has 2 rings (SSSR count). The molecule has 2 aromatic carbocycles. The quantitative estimate of drug-likeness (QED) is 0.881. The highest BCUT2D eigenvalue weighted by atomic mass is 32.2. The largest absolute Gasteiger partial charge is 0.416 e. The van der Waals surface area contributed by atoms with Gasteiger partial charge in [-0.3, -0.25) is 9.00 Å². The molecule has 25 heavy (non-hydrogen) atoms. The number of benzene rings is 2. The molecule has 4 nitrogen and oxygen atoms in total. The molecule has 1 atom stereocenters. The van der Waals surface area contributed by atoms with E-state index in [0.717, 1.165) is 12.1 Å². The van der Waals surface area contributed by atoms with Crippen molar-refractivity contribution in [2.24, 2.45) is 0 Å². The van der Waals surface area contributed by atoms with Gasteiger partial charge in [-0.05, 0) is 29.8 Å². The topological polar surface area (TPSA) is 70.0 Å². The Kier molecular flexibility index (Phi) is 5.93. The number of halogens is 3. The summed E-state index contributed by atoms with van der Waals surface area (Å²) in [6, 6.07) is 12.7. The van der Waals surface area contributed by atoms with E-state index in [1.54, 1.807) is 18.2 Å². The molecule has 1 amide bonds. The first kappa shape index (κ1) is 18.7. The van der Waals surface area contributed by atoms with E-state index in [1.165, 1.54) is 18.2 Å². The Bertz CT molecular complexity index is 844. The predicted molar refractivity (Wildman–Crippen MR) is 87.9 cm³/mol. The van der Waals surface area contributed by atoms with E-state index in [-0.39, 0.29) is 17.1 Å². The van der Waals surface area contributed by atoms with Crippen LogP contribution in [0, 0.1) is 11.3 Å². The van der Waals surface area contributed by atoms with Crippen LogP contribution in [0.1, 0.15) is 16.7 Å². The fourth-order valence-electron chi connectivity index (χ4n) is 2.08. The highest BCUT2D eigenvalue weighted by Gasteiger charge is 2.30. The third-order valence-corrected chi connectivity index (χ3v) is 4.39. The van der Waals surface area contributed by atoms with Crippen LogP contribution in [0.4, 0.5) is 18.9 Å². The van der Waals surface area contributed by atoms with Crippen molar-refractivity contribution in [1.29, 1.82) is 5.26 Å². The summed E-state index contributed by atoms with van der Waals surface area (Å²) >= 11 is 0. The lowest BCUT2D eigenvalue weighted by molar-refractivity contribution is -0.137. The summed E-state index contributed by atoms with van der Waals surface area (Å²) in [4.78, 5) is 11.9. The molecule has 1 N–H and O–H groups in total. The van der Waals surface area contributed by atoms with Gasteiger partial charge in [0.15, 0.2) is 0 Å². The maximum atomic E-state index is 12.7. The molecular weight excluding hydrogens is 353 g/mol. The van der Waals surface area contributed by atoms with E-state index >= 15 is 0 Å². The zero-order chi connectivity index (χ0) is 18.4. The van der Waals surface area contributed by atoms with Crippen molar-refractivity contribution in [3.05, 3.63) is 65.2 Å². The maximum Gasteiger partial charge on any atom is 0.416 e. The third-order valence-electron chi connectivity index (χ3n) is 3.15. The summed E-state index contributed by atoms with van der Waals surface area (Å²) in [6.07, 6.45) is -4.47. The van der Waals surface area contributed by atoms with Gasteiger partial charge < -0.3 is 5.32 Å². The average Bonchev–Trinajstić information content (AvgIpc) is 2.54. The highest BCUT2D eigenvalue weighted by molar-refractivity contribution is 7.84. The van der Waals surface area contributed by atoms with E-state index in [9.17, 15) is 22.2 Å². The Balaban J connectivity index is 1.96. The second-order valence-electron chi connectivity index (χ2n) is 5.17. The predicted octanol–water partition coefficient (Wildman–Crippen LogP) is 3.46. The van der Waals surface area contributed by atoms with Crippen LogP contribution in [-0.2, 0) is 27.5 Å². The van der Waals surface area contributed by atoms with Gasteiger partial charge >= 0.3 is 6.18 Å². The van der Waals surface area contributed by atoms with E-state index in [2.05, 4.69) is 5.32 Å². The van der Waals surface area contributed by atoms with Crippen LogP contribution in [0.3, 0.4) is 0 Å². The van der Waals surface area contributed by atoms with Crippen molar-refractivity contribution < 1.29 is 22.2 Å². The van der Waals surface area contributed by atoms with Gasteiger partial charge in [0.05, 0.1) is 17.2 Å².